The van der Waals surface area contributed by atoms with Crippen molar-refractivity contribution in [2.75, 3.05) is 28.4 Å². The molecule has 314 valence electrons. The monoisotopic (exact) mass is 966 g/mol. The molecule has 16 heteroatoms. The second-order valence-electron chi connectivity index (χ2n) is 12.5. The first kappa shape index (κ1) is 44.3. The molecule has 0 atom stereocenters. The van der Waals surface area contributed by atoms with Gasteiger partial charge < -0.3 is 37.9 Å². The molecule has 0 aliphatic rings. The lowest BCUT2D eigenvalue weighted by atomic mass is 9.91. The number of esters is 6. The van der Waals surface area contributed by atoms with Crippen molar-refractivity contribution in [1.82, 2.24) is 0 Å². The molecule has 6 rings (SSSR count). The van der Waals surface area contributed by atoms with E-state index in [9.17, 15) is 28.8 Å². The van der Waals surface area contributed by atoms with E-state index in [0.717, 1.165) is 28.4 Å². The van der Waals surface area contributed by atoms with E-state index in [1.54, 1.807) is 72.8 Å². The molecule has 0 bridgehead atoms. The zero-order valence-electron chi connectivity index (χ0n) is 33.0. The Bertz CT molecular complexity index is 2500. The zero-order chi connectivity index (χ0) is 44.5. The molecule has 0 unspecified atom stereocenters. The number of carbonyl (C=O) groups excluding carboxylic acids is 6. The van der Waals surface area contributed by atoms with Crippen molar-refractivity contribution < 1.29 is 66.7 Å². The maximum atomic E-state index is 14.1. The summed E-state index contributed by atoms with van der Waals surface area (Å²) in [6.45, 7) is 0. The lowest BCUT2D eigenvalue weighted by molar-refractivity contribution is 0.0585. The minimum absolute atomic E-state index is 0.0554. The van der Waals surface area contributed by atoms with Gasteiger partial charge in [0.2, 0.25) is 11.5 Å². The molecule has 6 aromatic carbocycles. The summed E-state index contributed by atoms with van der Waals surface area (Å²) < 4.78 is 45.3. The standard InChI is InChI=1S/C46H32Br2O14/c1-55-35-29(31(45(53)57-3)33(47)37(59-41(49)25-17-9-5-10-18-25)39(35)61-43(51)27-21-13-7-14-22-27)30-32(46(54)58-4)34(48)38(60-42(50)26-19-11-6-12-20-26)40(36(30)56-2)62-44(52)28-23-15-8-16-24-28/h5-24H,1-4H3. The van der Waals surface area contributed by atoms with Crippen LogP contribution in [0.5, 0.6) is 34.5 Å². The van der Waals surface area contributed by atoms with Gasteiger partial charge in [0.05, 0.1) is 70.8 Å². The number of halogens is 2. The lowest BCUT2D eigenvalue weighted by Gasteiger charge is -2.26. The van der Waals surface area contributed by atoms with Gasteiger partial charge in [-0.25, -0.2) is 28.8 Å². The Morgan fingerprint density at radius 2 is 0.581 bits per heavy atom. The van der Waals surface area contributed by atoms with Crippen LogP contribution in [0.15, 0.2) is 130 Å². The average Bonchev–Trinajstić information content (AvgIpc) is 3.31. The van der Waals surface area contributed by atoms with Crippen LogP contribution >= 0.6 is 31.9 Å². The van der Waals surface area contributed by atoms with Gasteiger partial charge >= 0.3 is 35.8 Å². The van der Waals surface area contributed by atoms with Crippen molar-refractivity contribution >= 4 is 67.7 Å². The van der Waals surface area contributed by atoms with Gasteiger partial charge in [-0.2, -0.15) is 0 Å². The first-order valence-electron chi connectivity index (χ1n) is 18.1. The molecule has 0 spiro atoms. The molecule has 6 aromatic rings. The molecule has 0 fully saturated rings. The number of rotatable bonds is 13. The van der Waals surface area contributed by atoms with Gasteiger partial charge in [0.25, 0.3) is 0 Å². The van der Waals surface area contributed by atoms with Crippen LogP contribution in [0.2, 0.25) is 0 Å². The van der Waals surface area contributed by atoms with Crippen LogP contribution in [0.25, 0.3) is 11.1 Å². The number of methoxy groups -OCH3 is 4. The minimum Gasteiger partial charge on any atom is -0.492 e. The first-order valence-corrected chi connectivity index (χ1v) is 19.7. The summed E-state index contributed by atoms with van der Waals surface area (Å²) in [5, 5.41) is 0. The molecule has 0 saturated carbocycles. The molecule has 14 nitrogen and oxygen atoms in total. The summed E-state index contributed by atoms with van der Waals surface area (Å²) in [7, 11) is 4.39. The van der Waals surface area contributed by atoms with E-state index >= 15 is 0 Å². The second kappa shape index (κ2) is 19.8. The highest BCUT2D eigenvalue weighted by atomic mass is 79.9. The van der Waals surface area contributed by atoms with E-state index in [1.165, 1.54) is 48.5 Å². The van der Waals surface area contributed by atoms with Crippen LogP contribution < -0.4 is 28.4 Å². The fourth-order valence-electron chi connectivity index (χ4n) is 6.03. The van der Waals surface area contributed by atoms with Gasteiger partial charge in [0.1, 0.15) is 0 Å². The van der Waals surface area contributed by atoms with Crippen molar-refractivity contribution in [3.8, 4) is 45.6 Å². The van der Waals surface area contributed by atoms with Gasteiger partial charge in [-0.3, -0.25) is 0 Å². The molecule has 0 radical (unpaired) electrons. The summed E-state index contributed by atoms with van der Waals surface area (Å²) in [6, 6.07) is 31.1. The molecule has 0 aliphatic carbocycles. The quantitative estimate of drug-likeness (QED) is 0.0790. The Kier molecular flexibility index (Phi) is 14.2. The molecule has 0 amide bonds. The summed E-state index contributed by atoms with van der Waals surface area (Å²) >= 11 is 6.78. The number of benzene rings is 6. The summed E-state index contributed by atoms with van der Waals surface area (Å²) in [4.78, 5) is 83.3. The van der Waals surface area contributed by atoms with Gasteiger partial charge in [-0.1, -0.05) is 72.8 Å². The van der Waals surface area contributed by atoms with E-state index in [1.807, 2.05) is 0 Å². The highest BCUT2D eigenvalue weighted by Crippen LogP contribution is 2.59. The molecule has 0 N–H and O–H groups in total. The van der Waals surface area contributed by atoms with Crippen LogP contribution in [0.1, 0.15) is 62.1 Å². The van der Waals surface area contributed by atoms with Gasteiger partial charge in [0, 0.05) is 11.1 Å². The first-order chi connectivity index (χ1) is 29.9. The van der Waals surface area contributed by atoms with Crippen LogP contribution in [-0.2, 0) is 9.47 Å². The molecule has 0 aliphatic heterocycles. The van der Waals surface area contributed by atoms with E-state index in [0.29, 0.717) is 0 Å². The number of carbonyl (C=O) groups is 6. The Morgan fingerprint density at radius 3 is 0.806 bits per heavy atom. The second-order valence-corrected chi connectivity index (χ2v) is 14.1. The van der Waals surface area contributed by atoms with Gasteiger partial charge in [-0.05, 0) is 80.4 Å². The Hall–Kier alpha value is -7.30. The van der Waals surface area contributed by atoms with E-state index in [-0.39, 0.29) is 31.2 Å². The highest BCUT2D eigenvalue weighted by molar-refractivity contribution is 9.11. The summed E-state index contributed by atoms with van der Waals surface area (Å²) in [5.41, 5.74) is -1.51. The Balaban J connectivity index is 1.76. The molecular weight excluding hydrogens is 936 g/mol. The van der Waals surface area contributed by atoms with Crippen LogP contribution in [0.3, 0.4) is 0 Å². The summed E-state index contributed by atoms with van der Waals surface area (Å²) in [6.07, 6.45) is 0. The predicted molar refractivity (Wildman–Crippen MR) is 229 cm³/mol. The van der Waals surface area contributed by atoms with Crippen LogP contribution in [0, 0.1) is 0 Å². The normalized spacial score (nSPS) is 10.5. The largest absolute Gasteiger partial charge is 0.492 e. The van der Waals surface area contributed by atoms with E-state index in [4.69, 9.17) is 37.9 Å². The number of hydrogen-bond acceptors (Lipinski definition) is 14. The Morgan fingerprint density at radius 1 is 0.339 bits per heavy atom. The third kappa shape index (κ3) is 9.06. The van der Waals surface area contributed by atoms with Gasteiger partial charge in [-0.15, -0.1) is 0 Å². The summed E-state index contributed by atoms with van der Waals surface area (Å²) in [5.74, 6) is -9.23. The maximum Gasteiger partial charge on any atom is 0.343 e. The molecule has 62 heavy (non-hydrogen) atoms. The Labute approximate surface area is 370 Å². The average molecular weight is 969 g/mol. The SMILES string of the molecule is COC(=O)c1c(Br)c(OC(=O)c2ccccc2)c(OC(=O)c2ccccc2)c(OC)c1-c1c(OC)c(OC(=O)c2ccccc2)c(OC(=O)c2ccccc2)c(Br)c1C(=O)OC. The fraction of sp³-hybridized carbons (Fsp3) is 0.0870. The molecular formula is C46H32Br2O14. The topological polar surface area (TPSA) is 176 Å². The third-order valence-corrected chi connectivity index (χ3v) is 10.4. The van der Waals surface area contributed by atoms with E-state index < -0.39 is 92.6 Å². The minimum atomic E-state index is -1.11. The van der Waals surface area contributed by atoms with Crippen molar-refractivity contribution in [1.29, 1.82) is 0 Å². The van der Waals surface area contributed by atoms with Crippen molar-refractivity contribution in [3.63, 3.8) is 0 Å². The van der Waals surface area contributed by atoms with Crippen molar-refractivity contribution in [2.24, 2.45) is 0 Å². The van der Waals surface area contributed by atoms with Crippen molar-refractivity contribution in [2.45, 2.75) is 0 Å². The highest BCUT2D eigenvalue weighted by Gasteiger charge is 2.41. The fourth-order valence-corrected chi connectivity index (χ4v) is 7.27. The number of ether oxygens (including phenoxy) is 8. The van der Waals surface area contributed by atoms with Crippen molar-refractivity contribution in [3.05, 3.63) is 164 Å². The lowest BCUT2D eigenvalue weighted by Crippen LogP contribution is -2.19. The molecule has 0 heterocycles. The number of hydrogen-bond donors (Lipinski definition) is 0. The molecule has 0 saturated heterocycles. The zero-order valence-corrected chi connectivity index (χ0v) is 36.2. The third-order valence-electron chi connectivity index (χ3n) is 8.87. The van der Waals surface area contributed by atoms with Crippen LogP contribution in [-0.4, -0.2) is 64.3 Å². The maximum absolute atomic E-state index is 14.1. The van der Waals surface area contributed by atoms with Gasteiger partial charge in [0.15, 0.2) is 23.0 Å². The van der Waals surface area contributed by atoms with E-state index in [2.05, 4.69) is 31.9 Å². The van der Waals surface area contributed by atoms with Crippen LogP contribution in [0.4, 0.5) is 0 Å². The smallest absolute Gasteiger partial charge is 0.343 e. The predicted octanol–water partition coefficient (Wildman–Crippen LogP) is 9.35. The molecule has 0 aromatic heterocycles.